The number of carbonyl (C=O) groups excluding carboxylic acids is 1. The topological polar surface area (TPSA) is 131 Å². The number of hydrogen-bond acceptors (Lipinski definition) is 7. The van der Waals surface area contributed by atoms with Crippen LogP contribution in [0.1, 0.15) is 55.4 Å². The quantitative estimate of drug-likeness (QED) is 0.524. The Morgan fingerprint density at radius 1 is 1.33 bits per heavy atom. The molecule has 4 N–H and O–H groups in total. The molecule has 0 radical (unpaired) electrons. The highest BCUT2D eigenvalue weighted by Crippen LogP contribution is 2.37. The van der Waals surface area contributed by atoms with Crippen LogP contribution >= 0.6 is 0 Å². The summed E-state index contributed by atoms with van der Waals surface area (Å²) in [6.45, 7) is -0.764. The highest BCUT2D eigenvalue weighted by molar-refractivity contribution is 5.98. The number of rotatable bonds is 9. The van der Waals surface area contributed by atoms with Gasteiger partial charge in [-0.05, 0) is 51.0 Å². The first kappa shape index (κ1) is 22.9. The monoisotopic (exact) mass is 459 g/mol. The second-order valence-electron chi connectivity index (χ2n) is 8.73. The SMILES string of the molecule is C[C@H](N[C@@H]1CC[C@H](n2cc(C(N)=O)c(Nc3ccc(OC(F)F)nc3)n2)[C@@H](C#N)C1)C1CC1. The second kappa shape index (κ2) is 9.70. The molecule has 2 saturated carbocycles. The van der Waals surface area contributed by atoms with Crippen LogP contribution in [0.2, 0.25) is 0 Å². The van der Waals surface area contributed by atoms with E-state index in [1.165, 1.54) is 31.2 Å². The number of aromatic nitrogens is 3. The van der Waals surface area contributed by atoms with Gasteiger partial charge in [-0.3, -0.25) is 9.48 Å². The van der Waals surface area contributed by atoms with Gasteiger partial charge in [-0.25, -0.2) is 4.98 Å². The molecule has 176 valence electrons. The Hall–Kier alpha value is -3.26. The van der Waals surface area contributed by atoms with Gasteiger partial charge in [-0.15, -0.1) is 0 Å². The van der Waals surface area contributed by atoms with Crippen molar-refractivity contribution in [3.63, 3.8) is 0 Å². The van der Waals surface area contributed by atoms with Crippen molar-refractivity contribution in [1.82, 2.24) is 20.1 Å². The maximum atomic E-state index is 12.3. The van der Waals surface area contributed by atoms with Crippen LogP contribution in [0.25, 0.3) is 0 Å². The summed E-state index contributed by atoms with van der Waals surface area (Å²) in [7, 11) is 0. The summed E-state index contributed by atoms with van der Waals surface area (Å²) in [5.41, 5.74) is 6.13. The molecule has 2 aliphatic rings. The van der Waals surface area contributed by atoms with E-state index in [0.29, 0.717) is 18.2 Å². The van der Waals surface area contributed by atoms with Gasteiger partial charge >= 0.3 is 6.61 Å². The Labute approximate surface area is 190 Å². The molecule has 11 heteroatoms. The Kier molecular flexibility index (Phi) is 6.74. The van der Waals surface area contributed by atoms with Crippen LogP contribution < -0.4 is 21.1 Å². The molecule has 2 heterocycles. The van der Waals surface area contributed by atoms with E-state index in [0.717, 1.165) is 18.8 Å². The smallest absolute Gasteiger partial charge is 0.388 e. The van der Waals surface area contributed by atoms with Crippen molar-refractivity contribution in [3.8, 4) is 11.9 Å². The van der Waals surface area contributed by atoms with Crippen LogP contribution in [0.15, 0.2) is 24.5 Å². The van der Waals surface area contributed by atoms with Crippen LogP contribution in [-0.4, -0.2) is 39.4 Å². The standard InChI is InChI=1S/C22H27F2N7O2/c1-12(13-2-3-13)28-15-4-6-18(14(8-15)9-25)31-11-17(20(26)32)21(30-31)29-16-5-7-19(27-10-16)33-22(23)24/h5,7,10-15,18,22,28H,2-4,6,8H2,1H3,(H2,26,32)(H,29,30)/t12-,14+,15+,18-/m0/s1. The van der Waals surface area contributed by atoms with Crippen molar-refractivity contribution >= 4 is 17.4 Å². The summed E-state index contributed by atoms with van der Waals surface area (Å²) in [6, 6.07) is 5.72. The molecule has 0 aromatic carbocycles. The van der Waals surface area contributed by atoms with Crippen LogP contribution in [0.4, 0.5) is 20.3 Å². The number of hydrogen-bond donors (Lipinski definition) is 3. The molecule has 9 nitrogen and oxygen atoms in total. The molecule has 1 amide bonds. The third-order valence-electron chi connectivity index (χ3n) is 6.35. The zero-order valence-electron chi connectivity index (χ0n) is 18.2. The highest BCUT2D eigenvalue weighted by atomic mass is 19.3. The number of carbonyl (C=O) groups is 1. The van der Waals surface area contributed by atoms with Crippen molar-refractivity contribution in [1.29, 1.82) is 5.26 Å². The van der Waals surface area contributed by atoms with Crippen molar-refractivity contribution in [2.75, 3.05) is 5.32 Å². The highest BCUT2D eigenvalue weighted by Gasteiger charge is 2.36. The number of anilines is 2. The first-order valence-corrected chi connectivity index (χ1v) is 11.1. The maximum absolute atomic E-state index is 12.3. The van der Waals surface area contributed by atoms with Gasteiger partial charge in [0.25, 0.3) is 5.91 Å². The lowest BCUT2D eigenvalue weighted by molar-refractivity contribution is -0.0528. The van der Waals surface area contributed by atoms with Gasteiger partial charge in [0.05, 0.1) is 29.9 Å². The number of nitrogens with zero attached hydrogens (tertiary/aromatic N) is 4. The third-order valence-corrected chi connectivity index (χ3v) is 6.35. The van der Waals surface area contributed by atoms with E-state index in [1.54, 1.807) is 10.9 Å². The average Bonchev–Trinajstić information content (AvgIpc) is 3.55. The molecule has 0 saturated heterocycles. The van der Waals surface area contributed by atoms with Crippen LogP contribution in [0, 0.1) is 23.2 Å². The normalized spacial score (nSPS) is 23.7. The summed E-state index contributed by atoms with van der Waals surface area (Å²) in [6.07, 6.45) is 7.74. The van der Waals surface area contributed by atoms with E-state index < -0.39 is 12.5 Å². The van der Waals surface area contributed by atoms with Gasteiger partial charge in [0.15, 0.2) is 5.82 Å². The number of ether oxygens (including phenoxy) is 1. The first-order chi connectivity index (χ1) is 15.8. The minimum atomic E-state index is -2.97. The van der Waals surface area contributed by atoms with E-state index in [9.17, 15) is 18.8 Å². The lowest BCUT2D eigenvalue weighted by atomic mass is 9.82. The van der Waals surface area contributed by atoms with E-state index >= 15 is 0 Å². The first-order valence-electron chi connectivity index (χ1n) is 11.1. The third kappa shape index (κ3) is 5.57. The Morgan fingerprint density at radius 3 is 2.73 bits per heavy atom. The summed E-state index contributed by atoms with van der Waals surface area (Å²) >= 11 is 0. The minimum absolute atomic E-state index is 0.169. The van der Waals surface area contributed by atoms with E-state index in [2.05, 4.69) is 38.4 Å². The predicted octanol–water partition coefficient (Wildman–Crippen LogP) is 3.34. The van der Waals surface area contributed by atoms with Crippen LogP contribution in [0.5, 0.6) is 5.88 Å². The summed E-state index contributed by atoms with van der Waals surface area (Å²) in [5, 5.41) is 20.9. The molecule has 0 spiro atoms. The molecule has 0 aliphatic heterocycles. The molecule has 2 fully saturated rings. The van der Waals surface area contributed by atoms with Gasteiger partial charge in [0, 0.05) is 24.3 Å². The number of pyridine rings is 1. The molecular weight excluding hydrogens is 432 g/mol. The molecule has 4 atom stereocenters. The lowest BCUT2D eigenvalue weighted by Gasteiger charge is -2.34. The Morgan fingerprint density at radius 2 is 2.12 bits per heavy atom. The number of amides is 1. The zero-order chi connectivity index (χ0) is 23.5. The van der Waals surface area contributed by atoms with Crippen molar-refractivity contribution in [2.45, 2.75) is 63.8 Å². The number of nitriles is 1. The van der Waals surface area contributed by atoms with Crippen molar-refractivity contribution < 1.29 is 18.3 Å². The van der Waals surface area contributed by atoms with E-state index in [1.807, 2.05) is 0 Å². The molecule has 33 heavy (non-hydrogen) atoms. The number of halogens is 2. The minimum Gasteiger partial charge on any atom is -0.417 e. The fourth-order valence-corrected chi connectivity index (χ4v) is 4.45. The summed E-state index contributed by atoms with van der Waals surface area (Å²) < 4.78 is 30.5. The van der Waals surface area contributed by atoms with Crippen molar-refractivity contribution in [2.24, 2.45) is 17.6 Å². The molecule has 0 bridgehead atoms. The second-order valence-corrected chi connectivity index (χ2v) is 8.73. The van der Waals surface area contributed by atoms with Crippen LogP contribution in [0.3, 0.4) is 0 Å². The summed E-state index contributed by atoms with van der Waals surface area (Å²) in [5.74, 6) is -0.202. The van der Waals surface area contributed by atoms with E-state index in [4.69, 9.17) is 5.73 Å². The lowest BCUT2D eigenvalue weighted by Crippen LogP contribution is -2.43. The van der Waals surface area contributed by atoms with Gasteiger partial charge < -0.3 is 21.1 Å². The molecule has 0 unspecified atom stereocenters. The maximum Gasteiger partial charge on any atom is 0.388 e. The Balaban J connectivity index is 1.47. The van der Waals surface area contributed by atoms with Crippen LogP contribution in [-0.2, 0) is 0 Å². The molecule has 2 aromatic heterocycles. The molecular formula is C22H27F2N7O2. The van der Waals surface area contributed by atoms with Gasteiger partial charge in [-0.1, -0.05) is 0 Å². The zero-order valence-corrected chi connectivity index (χ0v) is 18.2. The largest absolute Gasteiger partial charge is 0.417 e. The van der Waals surface area contributed by atoms with Crippen molar-refractivity contribution in [3.05, 3.63) is 30.1 Å². The number of alkyl halides is 2. The van der Waals surface area contributed by atoms with Gasteiger partial charge in [-0.2, -0.15) is 19.1 Å². The number of primary amides is 1. The van der Waals surface area contributed by atoms with Gasteiger partial charge in [0.1, 0.15) is 5.56 Å². The number of nitrogens with two attached hydrogens (primary N) is 1. The number of nitrogens with one attached hydrogen (secondary N) is 2. The predicted molar refractivity (Wildman–Crippen MR) is 116 cm³/mol. The fourth-order valence-electron chi connectivity index (χ4n) is 4.45. The van der Waals surface area contributed by atoms with E-state index in [-0.39, 0.29) is 35.3 Å². The molecule has 4 rings (SSSR count). The fraction of sp³-hybridized carbons (Fsp3) is 0.545. The van der Waals surface area contributed by atoms with Gasteiger partial charge in [0.2, 0.25) is 5.88 Å². The molecule has 2 aliphatic carbocycles. The average molecular weight is 460 g/mol. The Bertz CT molecular complexity index is 1020. The molecule has 2 aromatic rings. The summed E-state index contributed by atoms with van der Waals surface area (Å²) in [4.78, 5) is 15.8.